The van der Waals surface area contributed by atoms with Crippen molar-refractivity contribution >= 4 is 22.9 Å². The maximum absolute atomic E-state index is 12.2. The molecule has 1 amide bonds. The normalized spacial score (nSPS) is 15.5. The average Bonchev–Trinajstić information content (AvgIpc) is 3.08. The summed E-state index contributed by atoms with van der Waals surface area (Å²) in [5.74, 6) is 0.0168. The zero-order valence-electron chi connectivity index (χ0n) is 12.4. The molecule has 3 rings (SSSR count). The van der Waals surface area contributed by atoms with Gasteiger partial charge in [0.15, 0.2) is 0 Å². The molecule has 110 valence electrons. The van der Waals surface area contributed by atoms with E-state index in [1.807, 2.05) is 43.3 Å². The summed E-state index contributed by atoms with van der Waals surface area (Å²) >= 11 is 1.79. The Kier molecular flexibility index (Phi) is 3.72. The van der Waals surface area contributed by atoms with Crippen LogP contribution in [0.1, 0.15) is 28.1 Å². The van der Waals surface area contributed by atoms with Gasteiger partial charge in [0.05, 0.1) is 0 Å². The molecule has 0 unspecified atom stereocenters. The molecule has 3 nitrogen and oxygen atoms in total. The second kappa shape index (κ2) is 5.53. The molecule has 0 saturated heterocycles. The highest BCUT2D eigenvalue weighted by atomic mass is 32.1. The van der Waals surface area contributed by atoms with Crippen LogP contribution in [0.2, 0.25) is 0 Å². The first-order chi connectivity index (χ1) is 10.1. The summed E-state index contributed by atoms with van der Waals surface area (Å²) in [5, 5.41) is 5.20. The summed E-state index contributed by atoms with van der Waals surface area (Å²) in [7, 11) is 3.99. The summed E-state index contributed by atoms with van der Waals surface area (Å²) < 4.78 is 0. The fourth-order valence-electron chi connectivity index (χ4n) is 2.50. The Labute approximate surface area is 129 Å². The fourth-order valence-corrected chi connectivity index (χ4v) is 3.49. The highest BCUT2D eigenvalue weighted by molar-refractivity contribution is 7.10. The lowest BCUT2D eigenvalue weighted by molar-refractivity contribution is 0.0950. The minimum Gasteiger partial charge on any atom is -0.378 e. The molecule has 0 atom stereocenters. The lowest BCUT2D eigenvalue weighted by Gasteiger charge is -2.15. The second-order valence-corrected chi connectivity index (χ2v) is 6.83. The Morgan fingerprint density at radius 3 is 2.48 bits per heavy atom. The molecular formula is C17H20N2OS. The molecule has 0 aliphatic heterocycles. The Morgan fingerprint density at radius 1 is 1.24 bits per heavy atom. The summed E-state index contributed by atoms with van der Waals surface area (Å²) in [4.78, 5) is 15.7. The van der Waals surface area contributed by atoms with Gasteiger partial charge in [0, 0.05) is 42.2 Å². The lowest BCUT2D eigenvalue weighted by atomic mass is 10.1. The minimum absolute atomic E-state index is 0.0168. The number of anilines is 1. The van der Waals surface area contributed by atoms with E-state index in [9.17, 15) is 4.79 Å². The van der Waals surface area contributed by atoms with Gasteiger partial charge in [-0.2, -0.15) is 0 Å². The lowest BCUT2D eigenvalue weighted by Crippen LogP contribution is -2.31. The number of amides is 1. The van der Waals surface area contributed by atoms with Crippen molar-refractivity contribution in [2.24, 2.45) is 0 Å². The van der Waals surface area contributed by atoms with Gasteiger partial charge >= 0.3 is 0 Å². The Morgan fingerprint density at radius 2 is 1.95 bits per heavy atom. The van der Waals surface area contributed by atoms with Gasteiger partial charge in [-0.25, -0.2) is 0 Å². The summed E-state index contributed by atoms with van der Waals surface area (Å²) in [6, 6.07) is 12.0. The maximum Gasteiger partial charge on any atom is 0.251 e. The molecule has 1 aromatic heterocycles. The molecule has 1 aliphatic carbocycles. The van der Waals surface area contributed by atoms with Gasteiger partial charge in [0.1, 0.15) is 0 Å². The van der Waals surface area contributed by atoms with Gasteiger partial charge < -0.3 is 10.2 Å². The number of hydrogen-bond acceptors (Lipinski definition) is 3. The third kappa shape index (κ3) is 2.95. The molecule has 2 aromatic rings. The largest absolute Gasteiger partial charge is 0.378 e. The van der Waals surface area contributed by atoms with E-state index in [-0.39, 0.29) is 11.3 Å². The van der Waals surface area contributed by atoms with Gasteiger partial charge in [-0.05, 0) is 48.6 Å². The van der Waals surface area contributed by atoms with Crippen LogP contribution in [0.5, 0.6) is 0 Å². The van der Waals surface area contributed by atoms with Crippen molar-refractivity contribution in [2.45, 2.75) is 18.3 Å². The first kappa shape index (κ1) is 14.1. The third-order valence-electron chi connectivity index (χ3n) is 4.13. The van der Waals surface area contributed by atoms with Crippen LogP contribution in [0.15, 0.2) is 41.8 Å². The number of nitrogens with zero attached hydrogens (tertiary/aromatic N) is 1. The van der Waals surface area contributed by atoms with E-state index < -0.39 is 0 Å². The van der Waals surface area contributed by atoms with Gasteiger partial charge in [-0.1, -0.05) is 6.07 Å². The molecule has 1 heterocycles. The zero-order chi connectivity index (χ0) is 14.9. The van der Waals surface area contributed by atoms with Crippen molar-refractivity contribution in [1.82, 2.24) is 5.32 Å². The molecule has 0 spiro atoms. The first-order valence-electron chi connectivity index (χ1n) is 7.20. The van der Waals surface area contributed by atoms with Crippen LogP contribution in [0.4, 0.5) is 5.69 Å². The van der Waals surface area contributed by atoms with Crippen LogP contribution in [0.25, 0.3) is 0 Å². The molecular weight excluding hydrogens is 280 g/mol. The predicted octanol–water partition coefficient (Wildman–Crippen LogP) is 3.28. The number of benzene rings is 1. The second-order valence-electron chi connectivity index (χ2n) is 5.88. The first-order valence-corrected chi connectivity index (χ1v) is 8.08. The zero-order valence-corrected chi connectivity index (χ0v) is 13.2. The van der Waals surface area contributed by atoms with Crippen LogP contribution in [-0.4, -0.2) is 26.5 Å². The SMILES string of the molecule is CN(C)c1ccc(C(=O)NCC2(c3cccs3)CC2)cc1. The van der Waals surface area contributed by atoms with Gasteiger partial charge in [0.25, 0.3) is 5.91 Å². The van der Waals surface area contributed by atoms with Crippen molar-refractivity contribution < 1.29 is 4.79 Å². The molecule has 0 bridgehead atoms. The molecule has 1 aliphatic rings. The highest BCUT2D eigenvalue weighted by Crippen LogP contribution is 2.49. The van der Waals surface area contributed by atoms with Crippen molar-refractivity contribution in [3.63, 3.8) is 0 Å². The Hall–Kier alpha value is -1.81. The van der Waals surface area contributed by atoms with E-state index in [2.05, 4.69) is 22.8 Å². The number of thiophene rings is 1. The fraction of sp³-hybridized carbons (Fsp3) is 0.353. The standard InChI is InChI=1S/C17H20N2OS/c1-19(2)14-7-5-13(6-8-14)16(20)18-12-17(9-10-17)15-4-3-11-21-15/h3-8,11H,9-10,12H2,1-2H3,(H,18,20). The van der Waals surface area contributed by atoms with Crippen molar-refractivity contribution in [3.05, 3.63) is 52.2 Å². The van der Waals surface area contributed by atoms with Gasteiger partial charge in [-0.3, -0.25) is 4.79 Å². The number of nitrogens with one attached hydrogen (secondary N) is 1. The van der Waals surface area contributed by atoms with E-state index in [1.165, 1.54) is 17.7 Å². The highest BCUT2D eigenvalue weighted by Gasteiger charge is 2.45. The molecule has 4 heteroatoms. The van der Waals surface area contributed by atoms with Gasteiger partial charge in [0.2, 0.25) is 0 Å². The Bertz CT molecular complexity index is 613. The average molecular weight is 300 g/mol. The van der Waals surface area contributed by atoms with Crippen molar-refractivity contribution in [2.75, 3.05) is 25.5 Å². The number of carbonyl (C=O) groups is 1. The van der Waals surface area contributed by atoms with Crippen LogP contribution >= 0.6 is 11.3 Å². The van der Waals surface area contributed by atoms with Crippen LogP contribution < -0.4 is 10.2 Å². The monoisotopic (exact) mass is 300 g/mol. The third-order valence-corrected chi connectivity index (χ3v) is 5.25. The van der Waals surface area contributed by atoms with E-state index in [0.29, 0.717) is 0 Å². The van der Waals surface area contributed by atoms with E-state index >= 15 is 0 Å². The number of hydrogen-bond donors (Lipinski definition) is 1. The Balaban J connectivity index is 1.62. The van der Waals surface area contributed by atoms with Crippen LogP contribution in [0.3, 0.4) is 0 Å². The molecule has 1 N–H and O–H groups in total. The van der Waals surface area contributed by atoms with E-state index in [4.69, 9.17) is 0 Å². The topological polar surface area (TPSA) is 32.3 Å². The minimum atomic E-state index is 0.0168. The smallest absolute Gasteiger partial charge is 0.251 e. The summed E-state index contributed by atoms with van der Waals surface area (Å²) in [5.41, 5.74) is 2.03. The molecule has 1 saturated carbocycles. The van der Waals surface area contributed by atoms with E-state index in [0.717, 1.165) is 17.8 Å². The molecule has 1 fully saturated rings. The van der Waals surface area contributed by atoms with Crippen molar-refractivity contribution in [1.29, 1.82) is 0 Å². The summed E-state index contributed by atoms with van der Waals surface area (Å²) in [6.45, 7) is 0.738. The van der Waals surface area contributed by atoms with Crippen LogP contribution in [-0.2, 0) is 5.41 Å². The molecule has 0 radical (unpaired) electrons. The predicted molar refractivity (Wildman–Crippen MR) is 88.3 cm³/mol. The maximum atomic E-state index is 12.2. The number of carbonyl (C=O) groups excluding carboxylic acids is 1. The number of rotatable bonds is 5. The quantitative estimate of drug-likeness (QED) is 0.919. The molecule has 21 heavy (non-hydrogen) atoms. The van der Waals surface area contributed by atoms with Crippen molar-refractivity contribution in [3.8, 4) is 0 Å². The van der Waals surface area contributed by atoms with Gasteiger partial charge in [-0.15, -0.1) is 11.3 Å². The van der Waals surface area contributed by atoms with Crippen LogP contribution in [0, 0.1) is 0 Å². The van der Waals surface area contributed by atoms with E-state index in [1.54, 1.807) is 11.3 Å². The summed E-state index contributed by atoms with van der Waals surface area (Å²) in [6.07, 6.45) is 2.35. The molecule has 1 aromatic carbocycles.